The van der Waals surface area contributed by atoms with Crippen LogP contribution in [0.15, 0.2) is 47.4 Å². The summed E-state index contributed by atoms with van der Waals surface area (Å²) in [5, 5.41) is 25.5. The molecule has 0 saturated heterocycles. The molecule has 0 aliphatic carbocycles. The van der Waals surface area contributed by atoms with Gasteiger partial charge in [0.1, 0.15) is 21.3 Å². The number of anilines is 1. The molecule has 0 aliphatic rings. The van der Waals surface area contributed by atoms with Gasteiger partial charge in [-0.1, -0.05) is 23.5 Å². The molecule has 0 fully saturated rings. The number of nitrogens with zero attached hydrogens (tertiary/aromatic N) is 3. The van der Waals surface area contributed by atoms with E-state index >= 15 is 0 Å². The van der Waals surface area contributed by atoms with Crippen LogP contribution in [0.25, 0.3) is 16.2 Å². The van der Waals surface area contributed by atoms with Gasteiger partial charge >= 0.3 is 0 Å². The Balaban J connectivity index is 1.77. The Kier molecular flexibility index (Phi) is 6.17. The van der Waals surface area contributed by atoms with Crippen LogP contribution in [-0.4, -0.2) is 40.3 Å². The van der Waals surface area contributed by atoms with Crippen molar-refractivity contribution in [2.75, 3.05) is 11.8 Å². The molecule has 0 saturated carbocycles. The lowest BCUT2D eigenvalue weighted by Crippen LogP contribution is -2.16. The van der Waals surface area contributed by atoms with Gasteiger partial charge in [-0.05, 0) is 70.5 Å². The van der Waals surface area contributed by atoms with E-state index in [1.54, 1.807) is 68.6 Å². The second kappa shape index (κ2) is 8.59. The summed E-state index contributed by atoms with van der Waals surface area (Å²) in [5.41, 5.74) is 0.729. The van der Waals surface area contributed by atoms with Gasteiger partial charge in [0.15, 0.2) is 0 Å². The van der Waals surface area contributed by atoms with E-state index in [1.165, 1.54) is 24.5 Å². The molecule has 35 heavy (non-hydrogen) atoms. The first-order valence-corrected chi connectivity index (χ1v) is 13.1. The van der Waals surface area contributed by atoms with Crippen LogP contribution in [0.4, 0.5) is 5.69 Å². The van der Waals surface area contributed by atoms with Gasteiger partial charge in [0.05, 0.1) is 24.1 Å². The number of imidazole rings is 1. The van der Waals surface area contributed by atoms with Gasteiger partial charge in [-0.15, -0.1) is 0 Å². The molecule has 11 heteroatoms. The molecule has 9 nitrogen and oxygen atoms in total. The number of rotatable bonds is 7. The van der Waals surface area contributed by atoms with Crippen LogP contribution in [0, 0.1) is 6.92 Å². The molecule has 0 unspecified atom stereocenters. The number of hydrogen-bond donors (Lipinski definition) is 3. The number of ether oxygens (including phenoxy) is 1. The molecule has 186 valence electrons. The Morgan fingerprint density at radius 1 is 1.03 bits per heavy atom. The maximum Gasteiger partial charge on any atom is 0.265 e. The third-order valence-corrected chi connectivity index (χ3v) is 8.10. The third kappa shape index (κ3) is 4.90. The highest BCUT2D eigenvalue weighted by molar-refractivity contribution is 7.92. The van der Waals surface area contributed by atoms with E-state index in [0.29, 0.717) is 38.2 Å². The van der Waals surface area contributed by atoms with Crippen LogP contribution in [-0.2, 0) is 21.2 Å². The largest absolute Gasteiger partial charge is 0.495 e. The molecular formula is C24H28N4O5S2. The quantitative estimate of drug-likeness (QED) is 0.339. The first-order valence-electron chi connectivity index (χ1n) is 10.8. The molecule has 2 heterocycles. The number of hydrogen-bond acceptors (Lipinski definition) is 8. The number of nitrogens with one attached hydrogen (secondary N) is 1. The van der Waals surface area contributed by atoms with Gasteiger partial charge in [-0.25, -0.2) is 17.9 Å². The van der Waals surface area contributed by atoms with Gasteiger partial charge in [0.25, 0.3) is 10.0 Å². The van der Waals surface area contributed by atoms with Crippen molar-refractivity contribution in [3.05, 3.63) is 58.7 Å². The van der Waals surface area contributed by atoms with E-state index in [9.17, 15) is 18.6 Å². The van der Waals surface area contributed by atoms with E-state index in [1.807, 2.05) is 6.92 Å². The van der Waals surface area contributed by atoms with Gasteiger partial charge in [0.2, 0.25) is 4.96 Å². The van der Waals surface area contributed by atoms with Crippen LogP contribution in [0.5, 0.6) is 5.75 Å². The summed E-state index contributed by atoms with van der Waals surface area (Å²) in [6, 6.07) is 11.4. The maximum atomic E-state index is 13.4. The SMILES string of the molecule is COc1ccc(-c2c(C)nc3sc(C(C)(C)O)nn23)cc1S(=O)(=O)Nc1ccc(C(C)(C)O)cc1. The van der Waals surface area contributed by atoms with E-state index in [4.69, 9.17) is 4.74 Å². The van der Waals surface area contributed by atoms with Crippen molar-refractivity contribution in [1.29, 1.82) is 0 Å². The van der Waals surface area contributed by atoms with Gasteiger partial charge in [0, 0.05) is 11.3 Å². The Bertz CT molecular complexity index is 1490. The fourth-order valence-electron chi connectivity index (χ4n) is 3.62. The highest BCUT2D eigenvalue weighted by Gasteiger charge is 2.26. The zero-order valence-corrected chi connectivity index (χ0v) is 22.0. The molecule has 4 aromatic rings. The van der Waals surface area contributed by atoms with Crippen molar-refractivity contribution < 1.29 is 23.4 Å². The second-order valence-corrected chi connectivity index (χ2v) is 11.9. The Labute approximate surface area is 208 Å². The minimum absolute atomic E-state index is 0.0450. The van der Waals surface area contributed by atoms with Crippen molar-refractivity contribution >= 4 is 32.0 Å². The average molecular weight is 517 g/mol. The maximum absolute atomic E-state index is 13.4. The van der Waals surface area contributed by atoms with Crippen molar-refractivity contribution in [3.63, 3.8) is 0 Å². The zero-order chi connectivity index (χ0) is 25.8. The first kappa shape index (κ1) is 25.1. The summed E-state index contributed by atoms with van der Waals surface area (Å²) in [6.45, 7) is 8.43. The number of benzene rings is 2. The van der Waals surface area contributed by atoms with Crippen molar-refractivity contribution in [2.24, 2.45) is 0 Å². The molecule has 2 aromatic carbocycles. The number of aryl methyl sites for hydroxylation is 1. The summed E-state index contributed by atoms with van der Waals surface area (Å²) in [4.78, 5) is 5.10. The number of aliphatic hydroxyl groups is 2. The molecule has 0 amide bonds. The van der Waals surface area contributed by atoms with Gasteiger partial charge < -0.3 is 14.9 Å². The summed E-state index contributed by atoms with van der Waals surface area (Å²) < 4.78 is 36.3. The van der Waals surface area contributed by atoms with Crippen molar-refractivity contribution in [1.82, 2.24) is 14.6 Å². The van der Waals surface area contributed by atoms with E-state index in [2.05, 4.69) is 14.8 Å². The summed E-state index contributed by atoms with van der Waals surface area (Å²) in [6.07, 6.45) is 0. The van der Waals surface area contributed by atoms with E-state index < -0.39 is 21.2 Å². The average Bonchev–Trinajstić information content (AvgIpc) is 3.29. The fraction of sp³-hybridized carbons (Fsp3) is 0.333. The van der Waals surface area contributed by atoms with Gasteiger partial charge in [-0.3, -0.25) is 4.72 Å². The predicted molar refractivity (Wildman–Crippen MR) is 135 cm³/mol. The molecule has 2 aromatic heterocycles. The minimum Gasteiger partial charge on any atom is -0.495 e. The Hall–Kier alpha value is -2.99. The van der Waals surface area contributed by atoms with Crippen LogP contribution in [0.2, 0.25) is 0 Å². The van der Waals surface area contributed by atoms with E-state index in [-0.39, 0.29) is 10.6 Å². The highest BCUT2D eigenvalue weighted by Crippen LogP contribution is 2.35. The lowest BCUT2D eigenvalue weighted by molar-refractivity contribution is 0.0771. The minimum atomic E-state index is -4.03. The van der Waals surface area contributed by atoms with Crippen LogP contribution in [0.3, 0.4) is 0 Å². The van der Waals surface area contributed by atoms with Crippen LogP contribution < -0.4 is 9.46 Å². The summed E-state index contributed by atoms with van der Waals surface area (Å²) in [7, 11) is -2.62. The predicted octanol–water partition coefficient (Wildman–Crippen LogP) is 4.03. The summed E-state index contributed by atoms with van der Waals surface area (Å²) >= 11 is 1.27. The van der Waals surface area contributed by atoms with E-state index in [0.717, 1.165) is 0 Å². The molecule has 0 bridgehead atoms. The van der Waals surface area contributed by atoms with Crippen molar-refractivity contribution in [3.8, 4) is 17.0 Å². The third-order valence-electron chi connectivity index (χ3n) is 5.47. The monoisotopic (exact) mass is 516 g/mol. The molecule has 3 N–H and O–H groups in total. The Morgan fingerprint density at radius 3 is 2.26 bits per heavy atom. The standard InChI is InChI=1S/C24H28N4O5S2/c1-14-20(28-22(25-14)34-21(26-28)24(4,5)30)15-7-12-18(33-6)19(13-15)35(31,32)27-17-10-8-16(9-11-17)23(2,3)29/h7-13,27,29-30H,1-6H3. The second-order valence-electron chi connectivity index (χ2n) is 9.31. The molecule has 0 atom stereocenters. The molecule has 0 spiro atoms. The lowest BCUT2D eigenvalue weighted by Gasteiger charge is -2.18. The lowest BCUT2D eigenvalue weighted by atomic mass is 9.98. The molecule has 0 aliphatic heterocycles. The zero-order valence-electron chi connectivity index (χ0n) is 20.3. The van der Waals surface area contributed by atoms with Crippen LogP contribution in [0.1, 0.15) is 44.0 Å². The topological polar surface area (TPSA) is 126 Å². The highest BCUT2D eigenvalue weighted by atomic mass is 32.2. The smallest absolute Gasteiger partial charge is 0.265 e. The Morgan fingerprint density at radius 2 is 1.69 bits per heavy atom. The molecule has 0 radical (unpaired) electrons. The summed E-state index contributed by atoms with van der Waals surface area (Å²) in [5.74, 6) is 0.184. The normalized spacial score (nSPS) is 12.8. The number of fused-ring (bicyclic) bond motifs is 1. The molecular weight excluding hydrogens is 488 g/mol. The number of aromatic nitrogens is 3. The number of sulfonamides is 1. The van der Waals surface area contributed by atoms with Gasteiger partial charge in [-0.2, -0.15) is 5.10 Å². The number of methoxy groups -OCH3 is 1. The van der Waals surface area contributed by atoms with Crippen LogP contribution >= 0.6 is 11.3 Å². The molecule has 4 rings (SSSR count). The first-order chi connectivity index (χ1) is 16.2. The fourth-order valence-corrected chi connectivity index (χ4v) is 5.82. The van der Waals surface area contributed by atoms with Crippen molar-refractivity contribution in [2.45, 2.75) is 50.7 Å².